The predicted octanol–water partition coefficient (Wildman–Crippen LogP) is 15.7. The monoisotopic (exact) mass is 1700 g/mol. The number of carbonyl (C=O) groups is 2. The first-order valence-corrected chi connectivity index (χ1v) is 28.6. The molecular weight excluding hydrogens is 1650 g/mol. The highest BCUT2D eigenvalue weighted by Gasteiger charge is 2.75. The van der Waals surface area contributed by atoms with Gasteiger partial charge in [0, 0.05) is 26.1 Å². The average Bonchev–Trinajstić information content (AvgIpc) is 0.738. The molecule has 3 rings (SSSR count). The Morgan fingerprint density at radius 3 is 1.08 bits per heavy atom. The minimum atomic E-state index is -6.30. The van der Waals surface area contributed by atoms with Crippen LogP contribution in [-0.2, 0) is 66.4 Å². The lowest BCUT2D eigenvalue weighted by molar-refractivity contribution is -0.388. The molecule has 2 aliphatic heterocycles. The highest BCUT2D eigenvalue weighted by Crippen LogP contribution is 2.56. The summed E-state index contributed by atoms with van der Waals surface area (Å²) in [4.78, 5) is 22.4. The first-order valence-electron chi connectivity index (χ1n) is 28.6. The fourth-order valence-electron chi connectivity index (χ4n) is 8.92. The normalized spacial score (nSPS) is 22.2. The molecule has 1 saturated carbocycles. The molecule has 2 N–H and O–H groups in total. The summed E-state index contributed by atoms with van der Waals surface area (Å²) in [5.74, 6) is -39.5. The molecule has 0 aromatic carbocycles. The van der Waals surface area contributed by atoms with E-state index in [0.717, 1.165) is 21.1 Å². The molecule has 644 valence electrons. The third-order valence-electron chi connectivity index (χ3n) is 14.8. The van der Waals surface area contributed by atoms with Gasteiger partial charge in [-0.25, -0.2) is 35.9 Å². The van der Waals surface area contributed by atoms with Gasteiger partial charge in [-0.1, -0.05) is 26.3 Å². The van der Waals surface area contributed by atoms with Gasteiger partial charge in [-0.2, -0.15) is 145 Å². The molecule has 2 heterocycles. The van der Waals surface area contributed by atoms with E-state index in [-0.39, 0.29) is 6.26 Å². The fourth-order valence-corrected chi connectivity index (χ4v) is 8.92. The van der Waals surface area contributed by atoms with Crippen molar-refractivity contribution in [3.05, 3.63) is 50.0 Å². The molecule has 10 unspecified atom stereocenters. The van der Waals surface area contributed by atoms with Gasteiger partial charge in [0.25, 0.3) is 23.7 Å². The number of ether oxygens (including phenoxy) is 12. The Bertz CT molecular complexity index is 2880. The smallest absolute Gasteiger partial charge is 0.431 e. The quantitative estimate of drug-likeness (QED) is 0.0260. The van der Waals surface area contributed by atoms with Crippen molar-refractivity contribution in [3.8, 4) is 0 Å². The Morgan fingerprint density at radius 1 is 0.440 bits per heavy atom. The highest BCUT2D eigenvalue weighted by molar-refractivity contribution is 5.90. The maximum absolute atomic E-state index is 14.5. The van der Waals surface area contributed by atoms with Gasteiger partial charge in [-0.05, 0) is 46.5 Å². The van der Waals surface area contributed by atoms with Crippen molar-refractivity contribution in [2.45, 2.75) is 210 Å². The molecular formula is C54H59F39O16. The number of halogens is 39. The Morgan fingerprint density at radius 2 is 0.761 bits per heavy atom. The maximum Gasteiger partial charge on any atom is 0.431 e. The molecule has 0 amide bonds. The summed E-state index contributed by atoms with van der Waals surface area (Å²) in [6, 6.07) is 0. The van der Waals surface area contributed by atoms with Crippen LogP contribution in [-0.4, -0.2) is 240 Å². The second kappa shape index (κ2) is 37.1. The molecule has 1 aliphatic carbocycles. The van der Waals surface area contributed by atoms with Gasteiger partial charge in [-0.15, -0.1) is 0 Å². The van der Waals surface area contributed by atoms with Crippen LogP contribution < -0.4 is 0 Å². The average molecular weight is 1700 g/mol. The zero-order valence-corrected chi connectivity index (χ0v) is 54.8. The van der Waals surface area contributed by atoms with E-state index in [1.165, 1.54) is 0 Å². The van der Waals surface area contributed by atoms with E-state index in [9.17, 15) is 186 Å². The van der Waals surface area contributed by atoms with Crippen LogP contribution in [0.5, 0.6) is 0 Å². The molecule has 2 saturated heterocycles. The van der Waals surface area contributed by atoms with E-state index in [0.29, 0.717) is 20.1 Å². The summed E-state index contributed by atoms with van der Waals surface area (Å²) >= 11 is 0. The van der Waals surface area contributed by atoms with Gasteiger partial charge < -0.3 is 67.1 Å². The first kappa shape index (κ1) is 103. The summed E-state index contributed by atoms with van der Waals surface area (Å²) in [7, 11) is 1.80. The van der Waals surface area contributed by atoms with Crippen LogP contribution in [0.15, 0.2) is 50.0 Å². The third kappa shape index (κ3) is 26.7. The standard InChI is InChI=1S/C16H14F14O3.C14H19F7O5.C12H12F10O4.C12H14F8O4/c1-6(13(19,20)21)9(31)33-10(14(22,23)24)11(17,18)7-2-4-8(5-3-7)12(32,15(25,26)27)16(28,29)30;1-4-24-8(2)12(15,16)9-5-23-6-10(26-9)13(17,18)11(14(19,20)21)25-7-22-3;1-2-25-8(12(20,21)22)10(15,16)6-4-24-3-5(26-6)9(13,14)7(23)11(17,18)19;1-6(11(15,16)17)7(21)24-9(2,3)10(13,14)8(12(18,19)20)23-5-22-4/h7-8,10,32H,1-5H2;4,8-11H,1,5-7H2,2-3H3;2,5-8,23H,1,3-4H2;8H,1,5H2,2-4H3. The summed E-state index contributed by atoms with van der Waals surface area (Å²) < 4.78 is 561. The van der Waals surface area contributed by atoms with Gasteiger partial charge in [0.05, 0.1) is 39.0 Å². The predicted molar refractivity (Wildman–Crippen MR) is 277 cm³/mol. The topological polar surface area (TPSA) is 185 Å². The van der Waals surface area contributed by atoms with E-state index in [4.69, 9.17) is 5.11 Å². The largest absolute Gasteiger partial charge is 0.493 e. The molecule has 0 aromatic rings. The number of carbonyl (C=O) groups excluding carboxylic acids is 2. The van der Waals surface area contributed by atoms with Crippen LogP contribution in [0.3, 0.4) is 0 Å². The molecule has 10 atom stereocenters. The zero-order valence-electron chi connectivity index (χ0n) is 54.8. The number of hydrogen-bond acceptors (Lipinski definition) is 16. The lowest BCUT2D eigenvalue weighted by atomic mass is 9.70. The Balaban J connectivity index is 0.00000144. The number of hydrogen-bond donors (Lipinski definition) is 2. The number of rotatable bonds is 27. The van der Waals surface area contributed by atoms with Crippen molar-refractivity contribution in [2.75, 3.05) is 54.2 Å². The number of aliphatic hydroxyl groups excluding tert-OH is 1. The van der Waals surface area contributed by atoms with E-state index < -0.39 is 264 Å². The summed E-state index contributed by atoms with van der Waals surface area (Å²) in [6.07, 6.45) is -90.3. The van der Waals surface area contributed by atoms with Crippen LogP contribution in [0, 0.1) is 11.8 Å². The molecule has 55 heteroatoms. The minimum Gasteiger partial charge on any atom is -0.493 e. The molecule has 0 radical (unpaired) electrons. The second-order valence-corrected chi connectivity index (χ2v) is 22.9. The summed E-state index contributed by atoms with van der Waals surface area (Å²) in [5.41, 5.74) is -13.3. The molecule has 0 aromatic heterocycles. The maximum atomic E-state index is 14.5. The summed E-state index contributed by atoms with van der Waals surface area (Å²) in [5, 5.41) is 18.0. The van der Waals surface area contributed by atoms with E-state index in [1.807, 2.05) is 0 Å². The van der Waals surface area contributed by atoms with Gasteiger partial charge in [0.15, 0.2) is 11.7 Å². The minimum absolute atomic E-state index is 0.0231. The van der Waals surface area contributed by atoms with Crippen LogP contribution in [0.1, 0.15) is 46.5 Å². The molecule has 0 bridgehead atoms. The molecule has 16 nitrogen and oxygen atoms in total. The Labute approximate surface area is 585 Å². The van der Waals surface area contributed by atoms with E-state index >= 15 is 0 Å². The van der Waals surface area contributed by atoms with Crippen LogP contribution in [0.4, 0.5) is 171 Å². The molecule has 3 aliphatic rings. The van der Waals surface area contributed by atoms with Crippen molar-refractivity contribution < 1.29 is 248 Å². The third-order valence-corrected chi connectivity index (χ3v) is 14.8. The van der Waals surface area contributed by atoms with Gasteiger partial charge in [0.2, 0.25) is 18.3 Å². The number of alkyl halides is 39. The SMILES string of the molecule is C=C(C(=O)OC(C(F)(F)F)C(F)(F)C1CCC(C(O)(C(F)(F)F)C(F)(F)F)CC1)C(F)(F)F.C=C(C(=O)OC(C)(C)C(F)(F)C(OCOC)C(F)(F)F)C(F)(F)F.C=COC(C(F)(F)F)C(F)(F)C1COCC(C(F)(F)C(O)C(F)(F)F)O1.C=COC(C)C(F)(F)C1COCC(C(F)(F)C(OCOC)C(F)(F)F)O1. The number of aliphatic hydroxyl groups is 2. The number of esters is 2. The summed E-state index contributed by atoms with van der Waals surface area (Å²) in [6.45, 7) is 4.90. The second-order valence-electron chi connectivity index (χ2n) is 22.9. The van der Waals surface area contributed by atoms with Crippen molar-refractivity contribution in [1.82, 2.24) is 0 Å². The van der Waals surface area contributed by atoms with Crippen LogP contribution in [0.25, 0.3) is 0 Å². The Hall–Kier alpha value is -5.63. The van der Waals surface area contributed by atoms with E-state index in [1.54, 1.807) is 0 Å². The van der Waals surface area contributed by atoms with Crippen molar-refractivity contribution in [3.63, 3.8) is 0 Å². The molecule has 109 heavy (non-hydrogen) atoms. The van der Waals surface area contributed by atoms with Gasteiger partial charge in [0.1, 0.15) is 49.1 Å². The van der Waals surface area contributed by atoms with Crippen LogP contribution >= 0.6 is 0 Å². The zero-order chi connectivity index (χ0) is 86.7. The van der Waals surface area contributed by atoms with Gasteiger partial charge >= 0.3 is 97.1 Å². The lowest BCUT2D eigenvalue weighted by Gasteiger charge is -2.43. The van der Waals surface area contributed by atoms with E-state index in [2.05, 4.69) is 83.2 Å². The Kier molecular flexibility index (Phi) is 35.2. The lowest BCUT2D eigenvalue weighted by Crippen LogP contribution is -2.62. The highest BCUT2D eigenvalue weighted by atomic mass is 19.5. The van der Waals surface area contributed by atoms with Crippen molar-refractivity contribution in [1.29, 1.82) is 0 Å². The number of methoxy groups -OCH3 is 2. The van der Waals surface area contributed by atoms with Crippen molar-refractivity contribution in [2.24, 2.45) is 11.8 Å². The molecule has 3 fully saturated rings. The van der Waals surface area contributed by atoms with Gasteiger partial charge in [-0.3, -0.25) is 0 Å². The molecule has 0 spiro atoms. The van der Waals surface area contributed by atoms with Crippen molar-refractivity contribution >= 4 is 11.9 Å². The fraction of sp³-hybridized carbons (Fsp3) is 0.815. The van der Waals surface area contributed by atoms with Crippen LogP contribution in [0.2, 0.25) is 0 Å². The first-order chi connectivity index (χ1) is 48.3.